The van der Waals surface area contributed by atoms with Gasteiger partial charge in [-0.05, 0) is 65.6 Å². The number of aromatic carboxylic acids is 1. The number of halogens is 1. The summed E-state index contributed by atoms with van der Waals surface area (Å²) in [6.07, 6.45) is 2.68. The van der Waals surface area contributed by atoms with Crippen LogP contribution in [0.4, 0.5) is 15.8 Å². The van der Waals surface area contributed by atoms with Gasteiger partial charge in [0.1, 0.15) is 22.8 Å². The number of carbonyl (C=O) groups is 3. The van der Waals surface area contributed by atoms with Crippen LogP contribution in [0.1, 0.15) is 77.2 Å². The number of nitrogens with zero attached hydrogens (tertiary/aromatic N) is 4. The van der Waals surface area contributed by atoms with Crippen molar-refractivity contribution in [1.82, 2.24) is 25.2 Å². The highest BCUT2D eigenvalue weighted by Gasteiger charge is 2.30. The van der Waals surface area contributed by atoms with Crippen molar-refractivity contribution in [3.8, 4) is 0 Å². The lowest BCUT2D eigenvalue weighted by molar-refractivity contribution is 0.0695. The van der Waals surface area contributed by atoms with Crippen LogP contribution in [0.2, 0.25) is 0 Å². The minimum Gasteiger partial charge on any atom is -0.478 e. The van der Waals surface area contributed by atoms with Gasteiger partial charge in [0.05, 0.1) is 17.8 Å². The normalized spacial score (nSPS) is 15.4. The number of rotatable bonds is 7. The molecule has 0 fully saturated rings. The summed E-state index contributed by atoms with van der Waals surface area (Å²) in [5.74, 6) is -3.07. The largest absolute Gasteiger partial charge is 0.478 e. The Morgan fingerprint density at radius 1 is 1.06 bits per heavy atom. The number of aromatic nitrogens is 3. The number of hydrogen-bond donors (Lipinski definition) is 4. The summed E-state index contributed by atoms with van der Waals surface area (Å²) in [6.45, 7) is 2.77. The van der Waals surface area contributed by atoms with Gasteiger partial charge in [-0.1, -0.05) is 24.3 Å². The van der Waals surface area contributed by atoms with Gasteiger partial charge in [0.2, 0.25) is 0 Å². The average Bonchev–Trinajstić information content (AvgIpc) is 3.66. The summed E-state index contributed by atoms with van der Waals surface area (Å²) < 4.78 is 15.7. The Balaban J connectivity index is 1.09. The molecule has 1 aliphatic heterocycles. The van der Waals surface area contributed by atoms with E-state index in [4.69, 9.17) is 5.73 Å². The summed E-state index contributed by atoms with van der Waals surface area (Å²) in [5, 5.41) is 19.1. The molecule has 7 rings (SSSR count). The van der Waals surface area contributed by atoms with E-state index in [0.29, 0.717) is 37.9 Å². The number of carboxylic acids is 1. The van der Waals surface area contributed by atoms with Gasteiger partial charge in [0, 0.05) is 25.7 Å². The molecule has 3 heterocycles. The molecule has 238 valence electrons. The molecule has 13 nitrogen and oxygen atoms in total. The topological polar surface area (TPSA) is 189 Å². The molecule has 47 heavy (non-hydrogen) atoms. The number of carbonyl (C=O) groups excluding carboxylic acids is 2. The standard InChI is InChI=1S/C33H28FN7O6/c1-15-19-6-7-23(21(19)5-4-20(15)33(46)47)39-32(45)25-11-24(38-30-22(34)13-37-41(25)30)31(44)36-12-16-2-3-17-8-9-40(14-18(17)10-16)27-26(35)28(42)29(27)43/h2-5,10-11,13,23H,6-9,12,14,35H2,1H3,(H,36,44)(H,39,45)(H,46,47)/t23-/m0/s1. The zero-order chi connectivity index (χ0) is 33.1. The van der Waals surface area contributed by atoms with Crippen molar-refractivity contribution in [1.29, 1.82) is 0 Å². The second-order valence-electron chi connectivity index (χ2n) is 11.8. The first kappa shape index (κ1) is 29.8. The van der Waals surface area contributed by atoms with Crippen LogP contribution in [0.25, 0.3) is 5.65 Å². The number of amides is 2. The fourth-order valence-electron chi connectivity index (χ4n) is 6.60. The Morgan fingerprint density at radius 3 is 2.64 bits per heavy atom. The van der Waals surface area contributed by atoms with Gasteiger partial charge in [-0.25, -0.2) is 18.7 Å². The number of benzene rings is 2. The minimum absolute atomic E-state index is 0.0218. The van der Waals surface area contributed by atoms with Crippen LogP contribution >= 0.6 is 0 Å². The third-order valence-corrected chi connectivity index (χ3v) is 9.10. The van der Waals surface area contributed by atoms with Gasteiger partial charge in [0.25, 0.3) is 22.7 Å². The van der Waals surface area contributed by atoms with Gasteiger partial charge >= 0.3 is 5.97 Å². The van der Waals surface area contributed by atoms with Gasteiger partial charge in [-0.2, -0.15) is 5.10 Å². The van der Waals surface area contributed by atoms with E-state index in [1.165, 1.54) is 12.1 Å². The van der Waals surface area contributed by atoms with E-state index < -0.39 is 40.5 Å². The number of anilines is 2. The van der Waals surface area contributed by atoms with Crippen molar-refractivity contribution in [3.63, 3.8) is 0 Å². The summed E-state index contributed by atoms with van der Waals surface area (Å²) in [4.78, 5) is 67.9. The monoisotopic (exact) mass is 637 g/mol. The van der Waals surface area contributed by atoms with Crippen LogP contribution in [-0.4, -0.2) is 44.0 Å². The Hall–Kier alpha value is -5.92. The maximum absolute atomic E-state index is 14.7. The number of nitrogens with one attached hydrogen (secondary N) is 2. The van der Waals surface area contributed by atoms with E-state index >= 15 is 0 Å². The number of nitrogens with two attached hydrogens (primary N) is 1. The Bertz CT molecular complexity index is 2240. The lowest BCUT2D eigenvalue weighted by Gasteiger charge is -2.32. The molecule has 0 saturated carbocycles. The smallest absolute Gasteiger partial charge is 0.335 e. The quantitative estimate of drug-likeness (QED) is 0.192. The maximum Gasteiger partial charge on any atom is 0.335 e. The van der Waals surface area contributed by atoms with E-state index in [-0.39, 0.29) is 40.5 Å². The van der Waals surface area contributed by atoms with E-state index in [1.54, 1.807) is 17.9 Å². The molecule has 5 N–H and O–H groups in total. The van der Waals surface area contributed by atoms with Gasteiger partial charge in [-0.3, -0.25) is 19.2 Å². The molecule has 0 spiro atoms. The van der Waals surface area contributed by atoms with E-state index in [2.05, 4.69) is 20.7 Å². The molecule has 0 bridgehead atoms. The first-order chi connectivity index (χ1) is 22.5. The van der Waals surface area contributed by atoms with Crippen molar-refractivity contribution in [2.75, 3.05) is 17.2 Å². The van der Waals surface area contributed by atoms with Crippen LogP contribution in [0, 0.1) is 12.7 Å². The molecular weight excluding hydrogens is 609 g/mol. The van der Waals surface area contributed by atoms with Gasteiger partial charge in [0.15, 0.2) is 11.5 Å². The predicted octanol–water partition coefficient (Wildman–Crippen LogP) is 1.96. The molecule has 1 atom stereocenters. The summed E-state index contributed by atoms with van der Waals surface area (Å²) in [7, 11) is 0. The van der Waals surface area contributed by atoms with Crippen molar-refractivity contribution < 1.29 is 23.9 Å². The third kappa shape index (κ3) is 4.98. The molecule has 2 amide bonds. The SMILES string of the molecule is Cc1c(C(=O)O)ccc2c1CC[C@@H]2NC(=O)c1cc(C(=O)NCc2ccc3c(c2)CN(c2c(N)c(=O)c2=O)CC3)nc2c(F)cnn12. The lowest BCUT2D eigenvalue weighted by atomic mass is 9.96. The summed E-state index contributed by atoms with van der Waals surface area (Å²) in [6, 6.07) is 9.74. The highest BCUT2D eigenvalue weighted by Crippen LogP contribution is 2.35. The fraction of sp³-hybridized carbons (Fsp3) is 0.242. The molecule has 2 aliphatic rings. The first-order valence-electron chi connectivity index (χ1n) is 14.9. The molecule has 0 radical (unpaired) electrons. The summed E-state index contributed by atoms with van der Waals surface area (Å²) in [5.41, 5.74) is 9.45. The molecule has 0 saturated heterocycles. The highest BCUT2D eigenvalue weighted by molar-refractivity contribution is 5.98. The van der Waals surface area contributed by atoms with Crippen molar-refractivity contribution in [2.45, 2.75) is 45.3 Å². The molecule has 1 aliphatic carbocycles. The number of nitrogen functional groups attached to an aromatic ring is 1. The zero-order valence-corrected chi connectivity index (χ0v) is 25.1. The molecule has 0 unspecified atom stereocenters. The molecule has 2 aromatic heterocycles. The Labute approximate surface area is 265 Å². The first-order valence-corrected chi connectivity index (χ1v) is 14.9. The van der Waals surface area contributed by atoms with Crippen LogP contribution in [0.5, 0.6) is 0 Å². The molecule has 14 heteroatoms. The van der Waals surface area contributed by atoms with Crippen LogP contribution in [-0.2, 0) is 25.9 Å². The van der Waals surface area contributed by atoms with Gasteiger partial charge < -0.3 is 26.4 Å². The lowest BCUT2D eigenvalue weighted by Crippen LogP contribution is -2.44. The maximum atomic E-state index is 14.7. The van der Waals surface area contributed by atoms with Crippen LogP contribution in [0.3, 0.4) is 0 Å². The third-order valence-electron chi connectivity index (χ3n) is 9.10. The number of carboxylic acid groups (broad SMARTS) is 1. The van der Waals surface area contributed by atoms with Gasteiger partial charge in [-0.15, -0.1) is 0 Å². The van der Waals surface area contributed by atoms with Crippen LogP contribution in [0.15, 0.2) is 52.2 Å². The zero-order valence-electron chi connectivity index (χ0n) is 25.1. The second-order valence-corrected chi connectivity index (χ2v) is 11.8. The van der Waals surface area contributed by atoms with Crippen molar-refractivity contribution >= 4 is 34.8 Å². The van der Waals surface area contributed by atoms with Crippen LogP contribution < -0.4 is 32.1 Å². The van der Waals surface area contributed by atoms with Crippen molar-refractivity contribution in [2.24, 2.45) is 0 Å². The molecule has 3 aromatic carbocycles. The number of hydrogen-bond acceptors (Lipinski definition) is 9. The Kier molecular flexibility index (Phi) is 7.07. The molecular formula is C33H28FN7O6. The minimum atomic E-state index is -1.02. The Morgan fingerprint density at radius 2 is 1.87 bits per heavy atom. The van der Waals surface area contributed by atoms with E-state index in [1.807, 2.05) is 18.2 Å². The second kappa shape index (κ2) is 11.2. The predicted molar refractivity (Wildman–Crippen MR) is 168 cm³/mol. The van der Waals surface area contributed by atoms with Crippen molar-refractivity contribution in [3.05, 3.63) is 119 Å². The van der Waals surface area contributed by atoms with E-state index in [0.717, 1.165) is 38.5 Å². The van der Waals surface area contributed by atoms with E-state index in [9.17, 15) is 33.5 Å². The molecule has 5 aromatic rings. The fourth-order valence-corrected chi connectivity index (χ4v) is 6.60. The number of fused-ring (bicyclic) bond motifs is 3. The average molecular weight is 638 g/mol. The highest BCUT2D eigenvalue weighted by atomic mass is 19.1. The summed E-state index contributed by atoms with van der Waals surface area (Å²) >= 11 is 0.